The molecule has 0 amide bonds. The van der Waals surface area contributed by atoms with Gasteiger partial charge in [0.2, 0.25) is 0 Å². The number of rotatable bonds is 2. The first-order chi connectivity index (χ1) is 6.97. The number of hydrogen-bond acceptors (Lipinski definition) is 4. The second-order valence-electron chi connectivity index (χ2n) is 4.56. The fourth-order valence-corrected chi connectivity index (χ4v) is 0.526. The van der Waals surface area contributed by atoms with Gasteiger partial charge in [0.05, 0.1) is 0 Å². The third-order valence-corrected chi connectivity index (χ3v) is 1.39. The molecule has 0 radical (unpaired) electrons. The topological polar surface area (TPSA) is 89.6 Å². The van der Waals surface area contributed by atoms with Gasteiger partial charge in [-0.05, 0) is 26.7 Å². The van der Waals surface area contributed by atoms with E-state index in [9.17, 15) is 14.0 Å². The van der Waals surface area contributed by atoms with Crippen molar-refractivity contribution in [3.63, 3.8) is 0 Å². The zero-order valence-corrected chi connectivity index (χ0v) is 10.3. The number of carboxylic acids is 1. The summed E-state index contributed by atoms with van der Waals surface area (Å²) < 4.78 is 15.5. The highest BCUT2D eigenvalue weighted by molar-refractivity contribution is 5.73. The molecule has 6 heteroatoms. The Kier molecular flexibility index (Phi) is 7.71. The van der Waals surface area contributed by atoms with Crippen LogP contribution in [0.25, 0.3) is 0 Å². The van der Waals surface area contributed by atoms with Crippen molar-refractivity contribution in [3.8, 4) is 0 Å². The first kappa shape index (κ1) is 17.2. The van der Waals surface area contributed by atoms with Crippen molar-refractivity contribution in [2.45, 2.75) is 46.3 Å². The van der Waals surface area contributed by atoms with Gasteiger partial charge in [-0.25, -0.2) is 4.79 Å². The Bertz CT molecular complexity index is 235. The van der Waals surface area contributed by atoms with Gasteiger partial charge in [0.1, 0.15) is 11.6 Å². The Hall–Kier alpha value is -1.17. The van der Waals surface area contributed by atoms with Gasteiger partial charge in [-0.15, -0.1) is 4.39 Å². The Morgan fingerprint density at radius 3 is 1.69 bits per heavy atom. The molecule has 96 valence electrons. The van der Waals surface area contributed by atoms with E-state index in [1.807, 2.05) is 0 Å². The maximum atomic E-state index is 11.3. The summed E-state index contributed by atoms with van der Waals surface area (Å²) in [5.74, 6) is -0.910. The standard InChI is InChI=1S/C5H9FO2.C5H11NO2/c1-5(2,3)8-4(6)7;1-3(2)4(6)5(7)8/h1-3H3;3-4H,6H2,1-2H3,(H,7,8)/t;4-/m.0/s1. The van der Waals surface area contributed by atoms with E-state index in [2.05, 4.69) is 4.74 Å². The average Bonchev–Trinajstić information content (AvgIpc) is 1.98. The van der Waals surface area contributed by atoms with Gasteiger partial charge in [0, 0.05) is 0 Å². The van der Waals surface area contributed by atoms with Crippen molar-refractivity contribution >= 4 is 12.2 Å². The number of aliphatic carboxylic acids is 1. The van der Waals surface area contributed by atoms with E-state index in [-0.39, 0.29) is 5.92 Å². The fourth-order valence-electron chi connectivity index (χ4n) is 0.526. The highest BCUT2D eigenvalue weighted by Crippen LogP contribution is 2.07. The van der Waals surface area contributed by atoms with Gasteiger partial charge in [-0.3, -0.25) is 4.79 Å². The molecule has 0 aromatic rings. The van der Waals surface area contributed by atoms with Crippen LogP contribution < -0.4 is 5.73 Å². The number of hydrogen-bond donors (Lipinski definition) is 2. The summed E-state index contributed by atoms with van der Waals surface area (Å²) in [6, 6.07) is -0.713. The minimum Gasteiger partial charge on any atom is -0.480 e. The van der Waals surface area contributed by atoms with Gasteiger partial charge < -0.3 is 15.6 Å². The number of halogens is 1. The number of carboxylic acid groups (broad SMARTS) is 1. The highest BCUT2D eigenvalue weighted by Gasteiger charge is 2.15. The molecule has 0 aromatic carbocycles. The molecule has 0 aliphatic rings. The molecule has 0 unspecified atom stereocenters. The summed E-state index contributed by atoms with van der Waals surface area (Å²) in [5.41, 5.74) is 4.46. The summed E-state index contributed by atoms with van der Waals surface area (Å²) >= 11 is 0. The van der Waals surface area contributed by atoms with Crippen molar-refractivity contribution in [3.05, 3.63) is 0 Å². The molecule has 0 saturated carbocycles. The molecule has 1 atom stereocenters. The van der Waals surface area contributed by atoms with Crippen LogP contribution in [-0.4, -0.2) is 28.9 Å². The van der Waals surface area contributed by atoms with Crippen LogP contribution in [0.15, 0.2) is 0 Å². The van der Waals surface area contributed by atoms with E-state index in [0.717, 1.165) is 0 Å². The van der Waals surface area contributed by atoms with E-state index in [1.165, 1.54) is 0 Å². The largest absolute Gasteiger partial charge is 0.495 e. The molecule has 0 fully saturated rings. The van der Waals surface area contributed by atoms with Crippen molar-refractivity contribution in [1.29, 1.82) is 0 Å². The lowest BCUT2D eigenvalue weighted by atomic mass is 10.1. The number of carbonyl (C=O) groups excluding carboxylic acids is 1. The van der Waals surface area contributed by atoms with Crippen LogP contribution in [0.1, 0.15) is 34.6 Å². The summed E-state index contributed by atoms with van der Waals surface area (Å²) in [7, 11) is 0. The van der Waals surface area contributed by atoms with Gasteiger partial charge in [0.15, 0.2) is 0 Å². The van der Waals surface area contributed by atoms with Crippen LogP contribution >= 0.6 is 0 Å². The number of carbonyl (C=O) groups is 2. The molecule has 0 spiro atoms. The van der Waals surface area contributed by atoms with Crippen LogP contribution in [0.4, 0.5) is 9.18 Å². The smallest absolute Gasteiger partial charge is 0.480 e. The normalized spacial score (nSPS) is 12.5. The van der Waals surface area contributed by atoms with Crippen molar-refractivity contribution in [2.75, 3.05) is 0 Å². The number of ether oxygens (including phenoxy) is 1. The van der Waals surface area contributed by atoms with Gasteiger partial charge in [0.25, 0.3) is 0 Å². The first-order valence-electron chi connectivity index (χ1n) is 4.84. The molecule has 5 nitrogen and oxygen atoms in total. The van der Waals surface area contributed by atoms with Crippen molar-refractivity contribution in [2.24, 2.45) is 11.7 Å². The van der Waals surface area contributed by atoms with Crippen LogP contribution in [0.3, 0.4) is 0 Å². The lowest BCUT2D eigenvalue weighted by molar-refractivity contribution is -0.139. The Morgan fingerprint density at radius 1 is 1.31 bits per heavy atom. The lowest BCUT2D eigenvalue weighted by Crippen LogP contribution is -2.34. The molecule has 0 rings (SSSR count). The molecule has 0 aliphatic heterocycles. The number of nitrogens with two attached hydrogens (primary N) is 1. The minimum atomic E-state index is -1.72. The van der Waals surface area contributed by atoms with Gasteiger partial charge in [-0.1, -0.05) is 13.8 Å². The summed E-state index contributed by atoms with van der Waals surface area (Å²) in [4.78, 5) is 19.6. The van der Waals surface area contributed by atoms with Gasteiger partial charge in [-0.2, -0.15) is 0 Å². The summed E-state index contributed by atoms with van der Waals surface area (Å²) in [5, 5.41) is 8.23. The minimum absolute atomic E-state index is 0.0208. The van der Waals surface area contributed by atoms with E-state index in [1.54, 1.807) is 34.6 Å². The predicted molar refractivity (Wildman–Crippen MR) is 57.8 cm³/mol. The Labute approximate surface area is 94.8 Å². The summed E-state index contributed by atoms with van der Waals surface area (Å²) in [6.07, 6.45) is -1.72. The van der Waals surface area contributed by atoms with E-state index in [0.29, 0.717) is 0 Å². The first-order valence-corrected chi connectivity index (χ1v) is 4.84. The van der Waals surface area contributed by atoms with Crippen LogP contribution in [0.2, 0.25) is 0 Å². The molecular weight excluding hydrogens is 217 g/mol. The third-order valence-electron chi connectivity index (χ3n) is 1.39. The Morgan fingerprint density at radius 2 is 1.69 bits per heavy atom. The SMILES string of the molecule is CC(C)(C)OC(=O)F.CC(C)[C@H](N)C(=O)O. The van der Waals surface area contributed by atoms with Crippen molar-refractivity contribution < 1.29 is 23.8 Å². The third kappa shape index (κ3) is 12.8. The van der Waals surface area contributed by atoms with Crippen LogP contribution in [0, 0.1) is 5.92 Å². The van der Waals surface area contributed by atoms with E-state index >= 15 is 0 Å². The molecule has 0 saturated heterocycles. The molecule has 0 bridgehead atoms. The van der Waals surface area contributed by atoms with Crippen molar-refractivity contribution in [1.82, 2.24) is 0 Å². The molecule has 0 aliphatic carbocycles. The maximum absolute atomic E-state index is 11.3. The van der Waals surface area contributed by atoms with E-state index < -0.39 is 23.8 Å². The second kappa shape index (κ2) is 7.16. The average molecular weight is 237 g/mol. The summed E-state index contributed by atoms with van der Waals surface area (Å²) in [6.45, 7) is 8.36. The monoisotopic (exact) mass is 237 g/mol. The molecule has 3 N–H and O–H groups in total. The zero-order chi connectivity index (χ0) is 13.5. The Balaban J connectivity index is 0. The molecule has 16 heavy (non-hydrogen) atoms. The highest BCUT2D eigenvalue weighted by atomic mass is 19.1. The maximum Gasteiger partial charge on any atom is 0.495 e. The van der Waals surface area contributed by atoms with E-state index in [4.69, 9.17) is 10.8 Å². The quantitative estimate of drug-likeness (QED) is 0.716. The zero-order valence-electron chi connectivity index (χ0n) is 10.3. The van der Waals surface area contributed by atoms with Crippen LogP contribution in [-0.2, 0) is 9.53 Å². The molecule has 0 aromatic heterocycles. The molecule has 0 heterocycles. The fraction of sp³-hybridized carbons (Fsp3) is 0.800. The predicted octanol–water partition coefficient (Wildman–Crippen LogP) is 1.95. The lowest BCUT2D eigenvalue weighted by Gasteiger charge is -2.15. The second-order valence-corrected chi connectivity index (χ2v) is 4.56. The van der Waals surface area contributed by atoms with Gasteiger partial charge >= 0.3 is 12.2 Å². The molecular formula is C10H20FNO4. The van der Waals surface area contributed by atoms with Crippen LogP contribution in [0.5, 0.6) is 0 Å².